The van der Waals surface area contributed by atoms with Crippen molar-refractivity contribution in [2.24, 2.45) is 0 Å². The molecule has 0 saturated carbocycles. The quantitative estimate of drug-likeness (QED) is 0.747. The lowest BCUT2D eigenvalue weighted by Crippen LogP contribution is -2.30. The Hall–Kier alpha value is -2.33. The fourth-order valence-corrected chi connectivity index (χ4v) is 3.18. The Morgan fingerprint density at radius 1 is 0.889 bits per heavy atom. The maximum absolute atomic E-state index is 12.5. The first kappa shape index (κ1) is 21.0. The summed E-state index contributed by atoms with van der Waals surface area (Å²) in [5.41, 5.74) is 6.79. The van der Waals surface area contributed by atoms with Crippen LogP contribution >= 0.6 is 11.6 Å². The van der Waals surface area contributed by atoms with Gasteiger partial charge in [-0.05, 0) is 86.6 Å². The van der Waals surface area contributed by atoms with Gasteiger partial charge in [-0.3, -0.25) is 4.79 Å². The standard InChI is InChI=1S/C22H26ClNO3/c1-13-14(2)16(4)21(17(5)15(13)3)22(26)27-12-20(25)24-11-10-18-6-8-19(23)9-7-18/h6-9H,10-12H2,1-5H3,(H,24,25). The SMILES string of the molecule is Cc1c(C)c(C)c(C(=O)OCC(=O)NCCc2ccc(Cl)cc2)c(C)c1C. The zero-order valence-electron chi connectivity index (χ0n) is 16.5. The fraction of sp³-hybridized carbons (Fsp3) is 0.364. The molecular weight excluding hydrogens is 362 g/mol. The lowest BCUT2D eigenvalue weighted by molar-refractivity contribution is -0.124. The average Bonchev–Trinajstić information content (AvgIpc) is 2.65. The van der Waals surface area contributed by atoms with Crippen LogP contribution in [-0.2, 0) is 16.0 Å². The van der Waals surface area contributed by atoms with E-state index in [2.05, 4.69) is 5.32 Å². The van der Waals surface area contributed by atoms with Gasteiger partial charge in [0.1, 0.15) is 0 Å². The molecule has 0 aliphatic heterocycles. The second-order valence-electron chi connectivity index (χ2n) is 6.80. The Balaban J connectivity index is 1.90. The summed E-state index contributed by atoms with van der Waals surface area (Å²) >= 11 is 5.85. The number of amides is 1. The van der Waals surface area contributed by atoms with Gasteiger partial charge in [0.25, 0.3) is 5.91 Å². The van der Waals surface area contributed by atoms with Crippen molar-refractivity contribution < 1.29 is 14.3 Å². The van der Waals surface area contributed by atoms with Gasteiger partial charge in [-0.25, -0.2) is 4.79 Å². The van der Waals surface area contributed by atoms with Crippen molar-refractivity contribution in [1.82, 2.24) is 5.32 Å². The zero-order valence-corrected chi connectivity index (χ0v) is 17.3. The van der Waals surface area contributed by atoms with E-state index in [0.29, 0.717) is 23.6 Å². The minimum atomic E-state index is -0.455. The van der Waals surface area contributed by atoms with Crippen LogP contribution in [0.25, 0.3) is 0 Å². The van der Waals surface area contributed by atoms with Crippen molar-refractivity contribution in [3.8, 4) is 0 Å². The third-order valence-corrected chi connectivity index (χ3v) is 5.44. The second-order valence-corrected chi connectivity index (χ2v) is 7.24. The number of ether oxygens (including phenoxy) is 1. The van der Waals surface area contributed by atoms with Crippen LogP contribution in [0, 0.1) is 34.6 Å². The van der Waals surface area contributed by atoms with E-state index in [9.17, 15) is 9.59 Å². The smallest absolute Gasteiger partial charge is 0.339 e. The van der Waals surface area contributed by atoms with Gasteiger partial charge in [0.15, 0.2) is 6.61 Å². The first-order valence-electron chi connectivity index (χ1n) is 8.97. The molecule has 5 heteroatoms. The highest BCUT2D eigenvalue weighted by Crippen LogP contribution is 2.26. The van der Waals surface area contributed by atoms with Crippen LogP contribution in [0.15, 0.2) is 24.3 Å². The number of carbonyl (C=O) groups is 2. The third kappa shape index (κ3) is 5.10. The molecule has 2 rings (SSSR count). The van der Waals surface area contributed by atoms with Crippen LogP contribution in [0.2, 0.25) is 5.02 Å². The molecule has 4 nitrogen and oxygen atoms in total. The van der Waals surface area contributed by atoms with E-state index in [-0.39, 0.29) is 12.5 Å². The Kier molecular flexibility index (Phi) is 7.03. The molecule has 0 atom stereocenters. The van der Waals surface area contributed by atoms with E-state index in [1.165, 1.54) is 5.56 Å². The molecule has 0 unspecified atom stereocenters. The molecule has 27 heavy (non-hydrogen) atoms. The van der Waals surface area contributed by atoms with Crippen molar-refractivity contribution in [3.63, 3.8) is 0 Å². The Morgan fingerprint density at radius 2 is 1.41 bits per heavy atom. The lowest BCUT2D eigenvalue weighted by Gasteiger charge is -2.17. The number of hydrogen-bond acceptors (Lipinski definition) is 3. The van der Waals surface area contributed by atoms with Crippen LogP contribution in [0.1, 0.15) is 43.7 Å². The van der Waals surface area contributed by atoms with Crippen LogP contribution in [0.4, 0.5) is 0 Å². The number of hydrogen-bond donors (Lipinski definition) is 1. The summed E-state index contributed by atoms with van der Waals surface area (Å²) in [6.45, 7) is 10.1. The topological polar surface area (TPSA) is 55.4 Å². The predicted molar refractivity (Wildman–Crippen MR) is 109 cm³/mol. The van der Waals surface area contributed by atoms with Crippen LogP contribution in [0.5, 0.6) is 0 Å². The Bertz CT molecular complexity index is 828. The van der Waals surface area contributed by atoms with Gasteiger partial charge in [0.05, 0.1) is 5.56 Å². The van der Waals surface area contributed by atoms with Crippen LogP contribution in [-0.4, -0.2) is 25.0 Å². The summed E-state index contributed by atoms with van der Waals surface area (Å²) in [5.74, 6) is -0.766. The molecule has 2 aromatic rings. The first-order valence-corrected chi connectivity index (χ1v) is 9.35. The van der Waals surface area contributed by atoms with Gasteiger partial charge < -0.3 is 10.1 Å². The summed E-state index contributed by atoms with van der Waals surface area (Å²) in [4.78, 5) is 24.5. The van der Waals surface area contributed by atoms with E-state index in [1.807, 2.05) is 58.9 Å². The van der Waals surface area contributed by atoms with Gasteiger partial charge in [-0.2, -0.15) is 0 Å². The lowest BCUT2D eigenvalue weighted by atomic mass is 9.90. The molecule has 0 saturated heterocycles. The van der Waals surface area contributed by atoms with E-state index in [1.54, 1.807) is 0 Å². The van der Waals surface area contributed by atoms with Crippen LogP contribution < -0.4 is 5.32 Å². The van der Waals surface area contributed by atoms with Crippen molar-refractivity contribution in [2.45, 2.75) is 41.0 Å². The minimum Gasteiger partial charge on any atom is -0.452 e. The normalized spacial score (nSPS) is 10.6. The molecule has 0 spiro atoms. The fourth-order valence-electron chi connectivity index (χ4n) is 3.06. The van der Waals surface area contributed by atoms with Gasteiger partial charge in [0, 0.05) is 11.6 Å². The number of benzene rings is 2. The highest BCUT2D eigenvalue weighted by molar-refractivity contribution is 6.30. The molecule has 0 aliphatic rings. The molecule has 0 radical (unpaired) electrons. The van der Waals surface area contributed by atoms with E-state index in [0.717, 1.165) is 27.8 Å². The number of carbonyl (C=O) groups excluding carboxylic acids is 2. The van der Waals surface area contributed by atoms with Gasteiger partial charge >= 0.3 is 5.97 Å². The average molecular weight is 388 g/mol. The molecule has 1 amide bonds. The molecule has 2 aromatic carbocycles. The molecule has 0 aliphatic carbocycles. The van der Waals surface area contributed by atoms with E-state index in [4.69, 9.17) is 16.3 Å². The summed E-state index contributed by atoms with van der Waals surface area (Å²) in [7, 11) is 0. The number of halogens is 1. The molecule has 1 N–H and O–H groups in total. The highest BCUT2D eigenvalue weighted by Gasteiger charge is 2.20. The summed E-state index contributed by atoms with van der Waals surface area (Å²) < 4.78 is 5.25. The highest BCUT2D eigenvalue weighted by atomic mass is 35.5. The number of rotatable bonds is 6. The number of esters is 1. The van der Waals surface area contributed by atoms with Crippen LogP contribution in [0.3, 0.4) is 0 Å². The number of nitrogens with one attached hydrogen (secondary N) is 1. The molecule has 144 valence electrons. The summed E-state index contributed by atoms with van der Waals surface area (Å²) in [6.07, 6.45) is 0.686. The Morgan fingerprint density at radius 3 is 1.96 bits per heavy atom. The van der Waals surface area contributed by atoms with Crippen molar-refractivity contribution in [1.29, 1.82) is 0 Å². The van der Waals surface area contributed by atoms with Crippen molar-refractivity contribution in [3.05, 3.63) is 68.2 Å². The maximum atomic E-state index is 12.5. The second kappa shape index (κ2) is 9.05. The predicted octanol–water partition coefficient (Wildman–Crippen LogP) is 4.40. The Labute approximate surface area is 165 Å². The van der Waals surface area contributed by atoms with E-state index >= 15 is 0 Å². The van der Waals surface area contributed by atoms with Gasteiger partial charge in [0.2, 0.25) is 0 Å². The zero-order chi connectivity index (χ0) is 20.1. The third-order valence-electron chi connectivity index (χ3n) is 5.19. The minimum absolute atomic E-state index is 0.287. The molecular formula is C22H26ClNO3. The molecule has 0 bridgehead atoms. The van der Waals surface area contributed by atoms with Crippen molar-refractivity contribution >= 4 is 23.5 Å². The monoisotopic (exact) mass is 387 g/mol. The maximum Gasteiger partial charge on any atom is 0.339 e. The largest absolute Gasteiger partial charge is 0.452 e. The first-order chi connectivity index (χ1) is 12.7. The van der Waals surface area contributed by atoms with E-state index < -0.39 is 5.97 Å². The summed E-state index contributed by atoms with van der Waals surface area (Å²) in [6, 6.07) is 7.47. The molecule has 0 fully saturated rings. The van der Waals surface area contributed by atoms with Gasteiger partial charge in [-0.1, -0.05) is 23.7 Å². The van der Waals surface area contributed by atoms with Gasteiger partial charge in [-0.15, -0.1) is 0 Å². The molecule has 0 heterocycles. The molecule has 0 aromatic heterocycles. The van der Waals surface area contributed by atoms with Crippen molar-refractivity contribution in [2.75, 3.05) is 13.2 Å². The summed E-state index contributed by atoms with van der Waals surface area (Å²) in [5, 5.41) is 3.45.